The number of rotatable bonds is 35. The number of nitrogens with zero attached hydrogens (tertiary/aromatic N) is 3. The van der Waals surface area contributed by atoms with Gasteiger partial charge in [0.15, 0.2) is 18.3 Å². The average molecular weight is 1070 g/mol. The van der Waals surface area contributed by atoms with Crippen molar-refractivity contribution >= 4 is 47.5 Å². The first-order chi connectivity index (χ1) is 33.9. The molecule has 0 spiro atoms. The van der Waals surface area contributed by atoms with Gasteiger partial charge in [-0.1, -0.05) is 0 Å². The molecule has 34 heteroatoms. The summed E-state index contributed by atoms with van der Waals surface area (Å²) in [6.45, 7) is -12.4. The van der Waals surface area contributed by atoms with Gasteiger partial charge in [0.1, 0.15) is 54.9 Å². The Kier molecular flexibility index (Phi) is 28.1. The molecule has 12 unspecified atom stereocenters. The molecule has 1 fully saturated rings. The molecule has 422 valence electrons. The molecule has 0 aromatic carbocycles. The molecular weight excluding hydrogens is 998 g/mol. The van der Waals surface area contributed by atoms with E-state index in [1.165, 1.54) is 9.80 Å². The summed E-state index contributed by atoms with van der Waals surface area (Å²) in [5.74, 6) is -11.9. The fraction of sp³-hybridized carbons (Fsp3) is 0.795. The number of aliphatic hydroxyl groups is 15. The summed E-state index contributed by atoms with van der Waals surface area (Å²) in [7, 11) is 0. The highest BCUT2D eigenvalue weighted by Gasteiger charge is 2.45. The molecule has 4 amide bonds. The van der Waals surface area contributed by atoms with Gasteiger partial charge in [-0.2, -0.15) is 0 Å². The number of nitrogens with one attached hydrogen (secondary N) is 4. The van der Waals surface area contributed by atoms with Crippen LogP contribution in [0.3, 0.4) is 0 Å². The number of hydrogen-bond acceptors (Lipinski definition) is 26. The van der Waals surface area contributed by atoms with Crippen molar-refractivity contribution in [3.05, 3.63) is 0 Å². The first-order valence-corrected chi connectivity index (χ1v) is 22.1. The Labute approximate surface area is 413 Å². The second kappa shape index (κ2) is 31.0. The highest BCUT2D eigenvalue weighted by Crippen LogP contribution is 2.28. The standard InChI is InChI=1S/C39H69N7O27/c47-9-18(50)26(62)29(65)32(68)35(71)41-13-38(14-42-36(72)33(69)30(66)27(63)19(51)10-48,15-43-37(73)34(70)31(67)28(64)20(52)11-49)12-40-21(53)1-2-39(46(7-24(58)59)8-25(60)61)16-44(5-22(54)55)3-4-45(17-39)6-23(56)57/h18-20,26-34,47-52,62-70H,1-17H2,(H,40,53)(H,41,71)(H,42,72)(H,43,73)(H,54,55)(H,56,57)(H,58,59)(H,60,61). The molecule has 1 rings (SSSR count). The minimum atomic E-state index is -2.67. The third-order valence-corrected chi connectivity index (χ3v) is 11.8. The zero-order valence-electron chi connectivity index (χ0n) is 39.1. The number of carbonyl (C=O) groups is 8. The summed E-state index contributed by atoms with van der Waals surface area (Å²) in [5.41, 5.74) is -4.11. The predicted octanol–water partition coefficient (Wildman–Crippen LogP) is -14.5. The number of aliphatic carboxylic acids is 4. The molecule has 1 saturated heterocycles. The maximum Gasteiger partial charge on any atom is 0.317 e. The Hall–Kier alpha value is -4.96. The maximum absolute atomic E-state index is 14.0. The van der Waals surface area contributed by atoms with E-state index in [9.17, 15) is 120 Å². The highest BCUT2D eigenvalue weighted by molar-refractivity contribution is 5.83. The van der Waals surface area contributed by atoms with Crippen LogP contribution in [-0.4, -0.2) is 336 Å². The van der Waals surface area contributed by atoms with Crippen LogP contribution in [0, 0.1) is 5.41 Å². The predicted molar refractivity (Wildman–Crippen MR) is 235 cm³/mol. The van der Waals surface area contributed by atoms with Gasteiger partial charge >= 0.3 is 23.9 Å². The van der Waals surface area contributed by atoms with E-state index in [0.29, 0.717) is 0 Å². The Balaban J connectivity index is 3.96. The second-order valence-corrected chi connectivity index (χ2v) is 17.5. The van der Waals surface area contributed by atoms with Crippen molar-refractivity contribution in [1.29, 1.82) is 0 Å². The van der Waals surface area contributed by atoms with E-state index in [1.807, 2.05) is 0 Å². The first kappa shape index (κ1) is 66.1. The van der Waals surface area contributed by atoms with Gasteiger partial charge in [-0.3, -0.25) is 53.1 Å². The molecule has 0 bridgehead atoms. The van der Waals surface area contributed by atoms with E-state index in [2.05, 4.69) is 21.3 Å². The SMILES string of the molecule is O=C(O)CN1CCN(CC(=O)O)CC(CCC(=O)NCC(CNC(=O)C(O)C(O)C(O)C(O)CO)(CNC(=O)C(O)C(O)C(O)C(O)CO)CNC(=O)C(O)C(O)C(O)C(O)CO)(N(CC(=O)O)CC(=O)O)C1. The number of amides is 4. The number of aliphatic hydroxyl groups excluding tert-OH is 15. The third-order valence-electron chi connectivity index (χ3n) is 11.8. The Morgan fingerprint density at radius 3 is 1.04 bits per heavy atom. The first-order valence-electron chi connectivity index (χ1n) is 22.1. The van der Waals surface area contributed by atoms with E-state index in [1.54, 1.807) is 0 Å². The summed E-state index contributed by atoms with van der Waals surface area (Å²) in [6.07, 6.45) is -30.5. The molecule has 12 atom stereocenters. The Bertz CT molecular complexity index is 1670. The Morgan fingerprint density at radius 2 is 0.767 bits per heavy atom. The van der Waals surface area contributed by atoms with Crippen LogP contribution in [-0.2, 0) is 38.4 Å². The summed E-state index contributed by atoms with van der Waals surface area (Å²) < 4.78 is 0. The fourth-order valence-corrected chi connectivity index (χ4v) is 7.48. The van der Waals surface area contributed by atoms with Crippen molar-refractivity contribution in [2.24, 2.45) is 5.41 Å². The maximum atomic E-state index is 14.0. The molecule has 34 nitrogen and oxygen atoms in total. The van der Waals surface area contributed by atoms with Gasteiger partial charge < -0.3 is 118 Å². The van der Waals surface area contributed by atoms with Crippen molar-refractivity contribution < 1.29 is 135 Å². The minimum absolute atomic E-state index is 0.140. The summed E-state index contributed by atoms with van der Waals surface area (Å²) in [6, 6.07) is 0. The lowest BCUT2D eigenvalue weighted by Gasteiger charge is -2.45. The monoisotopic (exact) mass is 1070 g/mol. The van der Waals surface area contributed by atoms with Gasteiger partial charge in [-0.05, 0) is 6.42 Å². The van der Waals surface area contributed by atoms with Crippen molar-refractivity contribution in [2.45, 2.75) is 91.6 Å². The van der Waals surface area contributed by atoms with Crippen molar-refractivity contribution in [2.75, 3.05) is 98.4 Å². The normalized spacial score (nSPS) is 20.2. The van der Waals surface area contributed by atoms with Crippen LogP contribution < -0.4 is 21.3 Å². The highest BCUT2D eigenvalue weighted by atomic mass is 16.4. The zero-order chi connectivity index (χ0) is 56.1. The molecule has 0 aromatic heterocycles. The molecule has 1 heterocycles. The number of carboxylic acids is 4. The molecular formula is C39H69N7O27. The second-order valence-electron chi connectivity index (χ2n) is 17.5. The van der Waals surface area contributed by atoms with E-state index in [0.717, 1.165) is 4.90 Å². The van der Waals surface area contributed by atoms with Crippen molar-refractivity contribution in [1.82, 2.24) is 36.0 Å². The van der Waals surface area contributed by atoms with E-state index < -0.39 is 230 Å². The van der Waals surface area contributed by atoms with Crippen molar-refractivity contribution in [3.8, 4) is 0 Å². The summed E-state index contributed by atoms with van der Waals surface area (Å²) in [5, 5.41) is 197. The molecule has 0 radical (unpaired) electrons. The quantitative estimate of drug-likeness (QED) is 0.0280. The molecule has 73 heavy (non-hydrogen) atoms. The molecule has 1 aliphatic rings. The van der Waals surface area contributed by atoms with Crippen LogP contribution in [0.1, 0.15) is 12.8 Å². The number of carboxylic acid groups (broad SMARTS) is 4. The van der Waals surface area contributed by atoms with Crippen molar-refractivity contribution in [3.63, 3.8) is 0 Å². The zero-order valence-corrected chi connectivity index (χ0v) is 39.1. The van der Waals surface area contributed by atoms with E-state index >= 15 is 0 Å². The van der Waals surface area contributed by atoms with Crippen LogP contribution in [0.25, 0.3) is 0 Å². The smallest absolute Gasteiger partial charge is 0.317 e. The molecule has 0 saturated carbocycles. The van der Waals surface area contributed by atoms with Gasteiger partial charge in [0, 0.05) is 69.7 Å². The van der Waals surface area contributed by atoms with Crippen LogP contribution in [0.2, 0.25) is 0 Å². The number of carbonyl (C=O) groups excluding carboxylic acids is 4. The lowest BCUT2D eigenvalue weighted by Crippen LogP contribution is -2.62. The van der Waals surface area contributed by atoms with Crippen LogP contribution in [0.15, 0.2) is 0 Å². The van der Waals surface area contributed by atoms with E-state index in [-0.39, 0.29) is 13.1 Å². The Morgan fingerprint density at radius 1 is 0.466 bits per heavy atom. The number of hydrogen-bond donors (Lipinski definition) is 23. The summed E-state index contributed by atoms with van der Waals surface area (Å²) >= 11 is 0. The molecule has 0 aromatic rings. The lowest BCUT2D eigenvalue weighted by molar-refractivity contribution is -0.150. The van der Waals surface area contributed by atoms with Gasteiger partial charge in [-0.15, -0.1) is 0 Å². The van der Waals surface area contributed by atoms with Crippen LogP contribution >= 0.6 is 0 Å². The molecule has 0 aliphatic carbocycles. The van der Waals surface area contributed by atoms with Crippen LogP contribution in [0.4, 0.5) is 0 Å². The fourth-order valence-electron chi connectivity index (χ4n) is 7.48. The minimum Gasteiger partial charge on any atom is -0.480 e. The summed E-state index contributed by atoms with van der Waals surface area (Å²) in [4.78, 5) is 105. The van der Waals surface area contributed by atoms with Gasteiger partial charge in [0.2, 0.25) is 5.91 Å². The van der Waals surface area contributed by atoms with Crippen LogP contribution in [0.5, 0.6) is 0 Å². The van der Waals surface area contributed by atoms with E-state index in [4.69, 9.17) is 15.3 Å². The van der Waals surface area contributed by atoms with Gasteiger partial charge in [0.25, 0.3) is 17.7 Å². The molecule has 23 N–H and O–H groups in total. The average Bonchev–Trinajstić information content (AvgIpc) is 3.51. The van der Waals surface area contributed by atoms with Gasteiger partial charge in [-0.25, -0.2) is 0 Å². The third kappa shape index (κ3) is 21.1. The lowest BCUT2D eigenvalue weighted by atomic mass is 9.85. The largest absolute Gasteiger partial charge is 0.480 e. The molecule has 1 aliphatic heterocycles. The van der Waals surface area contributed by atoms with Gasteiger partial charge in [0.05, 0.1) is 46.0 Å². The topological polar surface area (TPSA) is 579 Å².